The van der Waals surface area contributed by atoms with E-state index in [0.717, 1.165) is 27.2 Å². The Bertz CT molecular complexity index is 1470. The van der Waals surface area contributed by atoms with Crippen LogP contribution in [-0.2, 0) is 24.6 Å². The minimum Gasteiger partial charge on any atom is -0.456 e. The number of esters is 1. The zero-order valence-corrected chi connectivity index (χ0v) is 22.1. The second-order valence-corrected chi connectivity index (χ2v) is 9.86. The summed E-state index contributed by atoms with van der Waals surface area (Å²) in [4.78, 5) is 21.2. The van der Waals surface area contributed by atoms with Crippen LogP contribution in [0.25, 0.3) is 17.1 Å². The van der Waals surface area contributed by atoms with Gasteiger partial charge in [0.2, 0.25) is 0 Å². The predicted molar refractivity (Wildman–Crippen MR) is 135 cm³/mol. The lowest BCUT2D eigenvalue weighted by Crippen LogP contribution is -2.25. The molecule has 4 aromatic rings. The number of carbonyl (C=O) groups excluding carboxylic acids is 1. The van der Waals surface area contributed by atoms with Crippen molar-refractivity contribution >= 4 is 5.97 Å². The minimum absolute atomic E-state index is 0.0935. The molecule has 3 aromatic heterocycles. The topological polar surface area (TPSA) is 87.7 Å². The van der Waals surface area contributed by atoms with Crippen molar-refractivity contribution in [1.29, 1.82) is 0 Å². The molecule has 0 fully saturated rings. The Labute approximate surface area is 218 Å². The number of nitrogens with zero attached hydrogens (tertiary/aromatic N) is 6. The Morgan fingerprint density at radius 1 is 1.11 bits per heavy atom. The van der Waals surface area contributed by atoms with Crippen molar-refractivity contribution in [2.24, 2.45) is 7.05 Å². The van der Waals surface area contributed by atoms with Gasteiger partial charge < -0.3 is 4.74 Å². The number of benzene rings is 1. The quantitative estimate of drug-likeness (QED) is 0.293. The van der Waals surface area contributed by atoms with E-state index in [2.05, 4.69) is 20.2 Å². The smallest absolute Gasteiger partial charge is 0.342 e. The molecule has 8 nitrogen and oxygen atoms in total. The van der Waals surface area contributed by atoms with Crippen LogP contribution in [0.4, 0.5) is 13.2 Å². The molecule has 0 saturated heterocycles. The summed E-state index contributed by atoms with van der Waals surface area (Å²) in [5, 5.41) is 8.85. The number of halogens is 3. The Kier molecular flexibility index (Phi) is 7.39. The molecule has 1 aromatic carbocycles. The van der Waals surface area contributed by atoms with Crippen molar-refractivity contribution in [3.8, 4) is 17.1 Å². The Balaban J connectivity index is 1.72. The van der Waals surface area contributed by atoms with Crippen molar-refractivity contribution in [1.82, 2.24) is 29.5 Å². The highest BCUT2D eigenvalue weighted by molar-refractivity contribution is 5.92. The SMILES string of the molecule is CCc1c(Cc2cc(-n3nc(C)c(C(=O)OC(C)(C)C)c3C(F)F)ncn2)nn(C)c1-c1ccc(F)cc1. The summed E-state index contributed by atoms with van der Waals surface area (Å²) in [6.45, 7) is 8.45. The molecule has 0 aliphatic heterocycles. The number of aromatic nitrogens is 6. The van der Waals surface area contributed by atoms with Gasteiger partial charge in [-0.1, -0.05) is 6.92 Å². The van der Waals surface area contributed by atoms with Gasteiger partial charge in [-0.2, -0.15) is 10.2 Å². The van der Waals surface area contributed by atoms with Crippen molar-refractivity contribution in [2.75, 3.05) is 0 Å². The van der Waals surface area contributed by atoms with Gasteiger partial charge in [-0.15, -0.1) is 0 Å². The van der Waals surface area contributed by atoms with Gasteiger partial charge in [0, 0.05) is 30.7 Å². The second-order valence-electron chi connectivity index (χ2n) is 9.86. The number of alkyl halides is 2. The van der Waals surface area contributed by atoms with Crippen LogP contribution in [0.3, 0.4) is 0 Å². The summed E-state index contributed by atoms with van der Waals surface area (Å²) in [6, 6.07) is 7.74. The molecule has 0 spiro atoms. The van der Waals surface area contributed by atoms with E-state index in [0.29, 0.717) is 18.5 Å². The summed E-state index contributed by atoms with van der Waals surface area (Å²) in [5.74, 6) is -1.11. The minimum atomic E-state index is -3.00. The molecular formula is C27H29F3N6O2. The molecular weight excluding hydrogens is 497 g/mol. The summed E-state index contributed by atoms with van der Waals surface area (Å²) in [6.07, 6.45) is -0.768. The zero-order valence-electron chi connectivity index (χ0n) is 22.1. The lowest BCUT2D eigenvalue weighted by Gasteiger charge is -2.19. The molecule has 0 aliphatic rings. The van der Waals surface area contributed by atoms with Gasteiger partial charge in [-0.3, -0.25) is 4.68 Å². The lowest BCUT2D eigenvalue weighted by molar-refractivity contribution is 0.00607. The summed E-state index contributed by atoms with van der Waals surface area (Å²) in [5.41, 5.74) is 2.31. The van der Waals surface area contributed by atoms with Gasteiger partial charge in [-0.05, 0) is 58.4 Å². The molecule has 4 rings (SSSR count). The van der Waals surface area contributed by atoms with Gasteiger partial charge in [-0.25, -0.2) is 32.6 Å². The maximum absolute atomic E-state index is 14.2. The van der Waals surface area contributed by atoms with Gasteiger partial charge in [0.25, 0.3) is 6.43 Å². The average Bonchev–Trinajstić information content (AvgIpc) is 3.35. The Morgan fingerprint density at radius 3 is 2.39 bits per heavy atom. The zero-order chi connectivity index (χ0) is 27.8. The third-order valence-electron chi connectivity index (χ3n) is 5.88. The fourth-order valence-corrected chi connectivity index (χ4v) is 4.38. The van der Waals surface area contributed by atoms with E-state index in [4.69, 9.17) is 4.74 Å². The van der Waals surface area contributed by atoms with Crippen molar-refractivity contribution in [2.45, 2.75) is 59.5 Å². The fourth-order valence-electron chi connectivity index (χ4n) is 4.38. The van der Waals surface area contributed by atoms with E-state index < -0.39 is 23.7 Å². The van der Waals surface area contributed by atoms with Crippen LogP contribution in [0.2, 0.25) is 0 Å². The standard InChI is InChI=1S/C27H29F3N6O2/c1-7-19-20(34-35(6)23(19)16-8-10-17(28)11-9-16)12-18-13-21(32-14-31-18)36-24(25(29)30)22(15(2)33-36)26(37)38-27(3,4)5/h8-11,13-14,25H,7,12H2,1-6H3. The number of hydrogen-bond donors (Lipinski definition) is 0. The van der Waals surface area contributed by atoms with Crippen molar-refractivity contribution in [3.63, 3.8) is 0 Å². The largest absolute Gasteiger partial charge is 0.456 e. The van der Waals surface area contributed by atoms with Gasteiger partial charge in [0.1, 0.15) is 29.0 Å². The van der Waals surface area contributed by atoms with E-state index in [1.165, 1.54) is 25.4 Å². The third-order valence-corrected chi connectivity index (χ3v) is 5.88. The van der Waals surface area contributed by atoms with E-state index in [1.807, 2.05) is 14.0 Å². The van der Waals surface area contributed by atoms with Crippen LogP contribution in [-0.4, -0.2) is 41.1 Å². The predicted octanol–water partition coefficient (Wildman–Crippen LogP) is 5.56. The maximum Gasteiger partial charge on any atom is 0.342 e. The number of aryl methyl sites for hydroxylation is 2. The fraction of sp³-hybridized carbons (Fsp3) is 0.370. The number of ether oxygens (including phenoxy) is 1. The first-order valence-electron chi connectivity index (χ1n) is 12.1. The molecule has 200 valence electrons. The summed E-state index contributed by atoms with van der Waals surface area (Å²) >= 11 is 0. The van der Waals surface area contributed by atoms with E-state index >= 15 is 0 Å². The molecule has 0 bridgehead atoms. The molecule has 38 heavy (non-hydrogen) atoms. The van der Waals surface area contributed by atoms with Gasteiger partial charge >= 0.3 is 5.97 Å². The molecule has 0 atom stereocenters. The van der Waals surface area contributed by atoms with E-state index in [-0.39, 0.29) is 22.9 Å². The van der Waals surface area contributed by atoms with E-state index in [1.54, 1.807) is 43.7 Å². The maximum atomic E-state index is 14.2. The average molecular weight is 527 g/mol. The number of rotatable bonds is 7. The molecule has 11 heteroatoms. The molecule has 0 amide bonds. The van der Waals surface area contributed by atoms with Crippen LogP contribution < -0.4 is 0 Å². The van der Waals surface area contributed by atoms with Crippen LogP contribution in [0, 0.1) is 12.7 Å². The Hall–Kier alpha value is -4.02. The van der Waals surface area contributed by atoms with Gasteiger partial charge in [0.15, 0.2) is 5.82 Å². The first kappa shape index (κ1) is 27.0. The molecule has 0 aliphatic carbocycles. The lowest BCUT2D eigenvalue weighted by atomic mass is 10.0. The summed E-state index contributed by atoms with van der Waals surface area (Å²) < 4.78 is 49.9. The third kappa shape index (κ3) is 5.46. The Morgan fingerprint density at radius 2 is 1.79 bits per heavy atom. The highest BCUT2D eigenvalue weighted by atomic mass is 19.3. The number of carbonyl (C=O) groups is 1. The second kappa shape index (κ2) is 10.4. The molecule has 3 heterocycles. The monoisotopic (exact) mass is 526 g/mol. The molecule has 0 unspecified atom stereocenters. The van der Waals surface area contributed by atoms with Crippen LogP contribution >= 0.6 is 0 Å². The summed E-state index contributed by atoms with van der Waals surface area (Å²) in [7, 11) is 1.81. The van der Waals surface area contributed by atoms with Gasteiger partial charge in [0.05, 0.1) is 22.8 Å². The van der Waals surface area contributed by atoms with Crippen molar-refractivity contribution < 1.29 is 22.7 Å². The molecule has 0 radical (unpaired) electrons. The number of hydrogen-bond acceptors (Lipinski definition) is 6. The van der Waals surface area contributed by atoms with Crippen LogP contribution in [0.1, 0.15) is 72.8 Å². The van der Waals surface area contributed by atoms with Crippen LogP contribution in [0.5, 0.6) is 0 Å². The first-order valence-corrected chi connectivity index (χ1v) is 12.1. The van der Waals surface area contributed by atoms with Crippen molar-refractivity contribution in [3.05, 3.63) is 76.4 Å². The molecule has 0 saturated carbocycles. The highest BCUT2D eigenvalue weighted by Crippen LogP contribution is 2.31. The first-order chi connectivity index (χ1) is 17.9. The van der Waals surface area contributed by atoms with E-state index in [9.17, 15) is 18.0 Å². The highest BCUT2D eigenvalue weighted by Gasteiger charge is 2.32. The molecule has 0 N–H and O–H groups in total. The normalized spacial score (nSPS) is 11.8. The van der Waals surface area contributed by atoms with Crippen LogP contribution in [0.15, 0.2) is 36.7 Å².